The van der Waals surface area contributed by atoms with Crippen LogP contribution in [0, 0.1) is 0 Å². The maximum Gasteiger partial charge on any atom is 0.0942 e. The molecule has 4 heteroatoms. The van der Waals surface area contributed by atoms with Crippen LogP contribution in [-0.4, -0.2) is 9.78 Å². The minimum absolute atomic E-state index is 0.712. The summed E-state index contributed by atoms with van der Waals surface area (Å²) in [5, 5.41) is 6.13. The molecule has 84 valence electrons. The second kappa shape index (κ2) is 3.79. The molecule has 3 aromatic rings. The first-order valence-corrected chi connectivity index (χ1v) is 5.62. The molecular weight excluding hydrogens is 234 g/mol. The van der Waals surface area contributed by atoms with Crippen molar-refractivity contribution in [3.8, 4) is 5.69 Å². The van der Waals surface area contributed by atoms with Crippen molar-refractivity contribution in [1.29, 1.82) is 0 Å². The largest absolute Gasteiger partial charge is 0.399 e. The summed E-state index contributed by atoms with van der Waals surface area (Å²) in [6, 6.07) is 13.2. The van der Waals surface area contributed by atoms with E-state index in [1.165, 1.54) is 0 Å². The van der Waals surface area contributed by atoms with E-state index in [1.54, 1.807) is 4.68 Å². The summed E-state index contributed by atoms with van der Waals surface area (Å²) < 4.78 is 1.80. The van der Waals surface area contributed by atoms with Gasteiger partial charge in [-0.05, 0) is 36.4 Å². The molecule has 0 aliphatic rings. The van der Waals surface area contributed by atoms with Crippen LogP contribution >= 0.6 is 11.6 Å². The second-order valence-corrected chi connectivity index (χ2v) is 4.25. The molecule has 0 saturated heterocycles. The van der Waals surface area contributed by atoms with Crippen LogP contribution in [0.1, 0.15) is 0 Å². The Kier molecular flexibility index (Phi) is 2.27. The number of anilines is 1. The highest BCUT2D eigenvalue weighted by Gasteiger charge is 2.05. The monoisotopic (exact) mass is 243 g/mol. The minimum atomic E-state index is 0.712. The van der Waals surface area contributed by atoms with E-state index in [2.05, 4.69) is 5.10 Å². The van der Waals surface area contributed by atoms with E-state index in [-0.39, 0.29) is 0 Å². The van der Waals surface area contributed by atoms with Gasteiger partial charge in [-0.25, -0.2) is 4.68 Å². The summed E-state index contributed by atoms with van der Waals surface area (Å²) >= 11 is 6.11. The van der Waals surface area contributed by atoms with E-state index in [0.717, 1.165) is 22.3 Å². The maximum absolute atomic E-state index is 6.11. The Balaban J connectivity index is 2.18. The van der Waals surface area contributed by atoms with Crippen LogP contribution < -0.4 is 5.73 Å². The van der Waals surface area contributed by atoms with Gasteiger partial charge in [-0.2, -0.15) is 5.10 Å². The zero-order valence-corrected chi connectivity index (χ0v) is 9.72. The van der Waals surface area contributed by atoms with Crippen molar-refractivity contribution in [2.75, 3.05) is 5.73 Å². The fourth-order valence-corrected chi connectivity index (χ4v) is 1.99. The molecular formula is C13H10ClN3. The van der Waals surface area contributed by atoms with Gasteiger partial charge in [-0.1, -0.05) is 17.7 Å². The lowest BCUT2D eigenvalue weighted by Crippen LogP contribution is -1.94. The fraction of sp³-hybridized carbons (Fsp3) is 0. The molecule has 0 unspecified atom stereocenters. The molecule has 0 aliphatic heterocycles. The molecule has 3 nitrogen and oxygen atoms in total. The summed E-state index contributed by atoms with van der Waals surface area (Å²) in [6.45, 7) is 0. The Morgan fingerprint density at radius 1 is 1.06 bits per heavy atom. The van der Waals surface area contributed by atoms with Crippen LogP contribution in [0.2, 0.25) is 5.02 Å². The quantitative estimate of drug-likeness (QED) is 0.667. The predicted octanol–water partition coefficient (Wildman–Crippen LogP) is 3.26. The molecule has 1 aromatic heterocycles. The number of hydrogen-bond acceptors (Lipinski definition) is 2. The van der Waals surface area contributed by atoms with Gasteiger partial charge in [-0.3, -0.25) is 0 Å². The molecule has 0 spiro atoms. The molecule has 0 aliphatic carbocycles. The van der Waals surface area contributed by atoms with E-state index >= 15 is 0 Å². The Morgan fingerprint density at radius 3 is 2.53 bits per heavy atom. The van der Waals surface area contributed by atoms with Gasteiger partial charge >= 0.3 is 0 Å². The van der Waals surface area contributed by atoms with Gasteiger partial charge in [0.05, 0.1) is 16.2 Å². The van der Waals surface area contributed by atoms with E-state index in [4.69, 9.17) is 17.3 Å². The lowest BCUT2D eigenvalue weighted by Gasteiger charge is -2.00. The molecule has 1 heterocycles. The maximum atomic E-state index is 6.11. The molecule has 17 heavy (non-hydrogen) atoms. The van der Waals surface area contributed by atoms with E-state index < -0.39 is 0 Å². The van der Waals surface area contributed by atoms with Crippen molar-refractivity contribution in [1.82, 2.24) is 9.78 Å². The summed E-state index contributed by atoms with van der Waals surface area (Å²) in [5.41, 5.74) is 8.24. The number of nitrogen functional groups attached to an aromatic ring is 1. The van der Waals surface area contributed by atoms with Crippen LogP contribution in [-0.2, 0) is 0 Å². The van der Waals surface area contributed by atoms with Crippen LogP contribution in [0.15, 0.2) is 48.7 Å². The third kappa shape index (κ3) is 1.74. The molecule has 0 radical (unpaired) electrons. The van der Waals surface area contributed by atoms with Gasteiger partial charge in [0.25, 0.3) is 0 Å². The first-order valence-electron chi connectivity index (χ1n) is 5.24. The smallest absolute Gasteiger partial charge is 0.0942 e. The van der Waals surface area contributed by atoms with Crippen molar-refractivity contribution < 1.29 is 0 Å². The molecule has 2 N–H and O–H groups in total. The van der Waals surface area contributed by atoms with Crippen molar-refractivity contribution >= 4 is 28.2 Å². The predicted molar refractivity (Wildman–Crippen MR) is 70.5 cm³/mol. The Bertz CT molecular complexity index is 671. The Morgan fingerprint density at radius 2 is 1.82 bits per heavy atom. The summed E-state index contributed by atoms with van der Waals surface area (Å²) in [4.78, 5) is 0. The standard InChI is InChI=1S/C13H10ClN3/c14-12-2-1-3-13-11(12)8-17(16-13)10-6-4-9(15)5-7-10/h1-8H,15H2. The number of benzene rings is 2. The van der Waals surface area contributed by atoms with Crippen LogP contribution in [0.4, 0.5) is 5.69 Å². The minimum Gasteiger partial charge on any atom is -0.399 e. The van der Waals surface area contributed by atoms with Gasteiger partial charge in [0, 0.05) is 17.3 Å². The SMILES string of the molecule is Nc1ccc(-n2cc3c(Cl)cccc3n2)cc1. The highest BCUT2D eigenvalue weighted by atomic mass is 35.5. The van der Waals surface area contributed by atoms with Gasteiger partial charge in [0.2, 0.25) is 0 Å². The van der Waals surface area contributed by atoms with E-state index in [9.17, 15) is 0 Å². The third-order valence-corrected chi connectivity index (χ3v) is 2.98. The third-order valence-electron chi connectivity index (χ3n) is 2.65. The Labute approximate surface area is 103 Å². The summed E-state index contributed by atoms with van der Waals surface area (Å²) in [6.07, 6.45) is 1.92. The van der Waals surface area contributed by atoms with Crippen LogP contribution in [0.5, 0.6) is 0 Å². The normalized spacial score (nSPS) is 10.9. The molecule has 0 amide bonds. The van der Waals surface area contributed by atoms with E-state index in [1.807, 2.05) is 48.7 Å². The van der Waals surface area contributed by atoms with Crippen molar-refractivity contribution in [3.05, 3.63) is 53.7 Å². The van der Waals surface area contributed by atoms with Crippen LogP contribution in [0.25, 0.3) is 16.6 Å². The highest BCUT2D eigenvalue weighted by Crippen LogP contribution is 2.23. The number of rotatable bonds is 1. The number of fused-ring (bicyclic) bond motifs is 1. The average molecular weight is 244 g/mol. The molecule has 2 aromatic carbocycles. The summed E-state index contributed by atoms with van der Waals surface area (Å²) in [7, 11) is 0. The molecule has 0 saturated carbocycles. The number of hydrogen-bond donors (Lipinski definition) is 1. The lowest BCUT2D eigenvalue weighted by atomic mass is 10.2. The molecule has 0 atom stereocenters. The lowest BCUT2D eigenvalue weighted by molar-refractivity contribution is 0.897. The highest BCUT2D eigenvalue weighted by molar-refractivity contribution is 6.35. The topological polar surface area (TPSA) is 43.8 Å². The zero-order chi connectivity index (χ0) is 11.8. The van der Waals surface area contributed by atoms with Gasteiger partial charge in [0.15, 0.2) is 0 Å². The average Bonchev–Trinajstić information content (AvgIpc) is 2.75. The van der Waals surface area contributed by atoms with Gasteiger partial charge < -0.3 is 5.73 Å². The zero-order valence-electron chi connectivity index (χ0n) is 8.97. The van der Waals surface area contributed by atoms with Crippen molar-refractivity contribution in [3.63, 3.8) is 0 Å². The van der Waals surface area contributed by atoms with E-state index in [0.29, 0.717) is 5.02 Å². The fourth-order valence-electron chi connectivity index (χ4n) is 1.77. The molecule has 3 rings (SSSR count). The summed E-state index contributed by atoms with van der Waals surface area (Å²) in [5.74, 6) is 0. The Hall–Kier alpha value is -2.00. The second-order valence-electron chi connectivity index (χ2n) is 3.84. The number of nitrogens with zero attached hydrogens (tertiary/aromatic N) is 2. The van der Waals surface area contributed by atoms with Crippen molar-refractivity contribution in [2.24, 2.45) is 0 Å². The molecule has 0 fully saturated rings. The molecule has 0 bridgehead atoms. The number of nitrogens with two attached hydrogens (primary N) is 1. The first-order chi connectivity index (χ1) is 8.24. The first kappa shape index (κ1) is 10.2. The van der Waals surface area contributed by atoms with Crippen LogP contribution in [0.3, 0.4) is 0 Å². The number of aromatic nitrogens is 2. The van der Waals surface area contributed by atoms with Crippen molar-refractivity contribution in [2.45, 2.75) is 0 Å². The van der Waals surface area contributed by atoms with Gasteiger partial charge in [0.1, 0.15) is 0 Å². The van der Waals surface area contributed by atoms with Gasteiger partial charge in [-0.15, -0.1) is 0 Å². The number of halogens is 1.